The Labute approximate surface area is 153 Å². The van der Waals surface area contributed by atoms with Crippen LogP contribution in [0, 0.1) is 0 Å². The van der Waals surface area contributed by atoms with Gasteiger partial charge < -0.3 is 9.32 Å². The first-order chi connectivity index (χ1) is 12.4. The molecular formula is C19H22N2O4S. The van der Waals surface area contributed by atoms with Gasteiger partial charge in [-0.3, -0.25) is 9.10 Å². The molecule has 1 unspecified atom stereocenters. The molecule has 1 atom stereocenters. The van der Waals surface area contributed by atoms with Gasteiger partial charge in [0.15, 0.2) is 0 Å². The van der Waals surface area contributed by atoms with Crippen LogP contribution in [0.5, 0.6) is 0 Å². The Kier molecular flexibility index (Phi) is 5.18. The Morgan fingerprint density at radius 1 is 1.27 bits per heavy atom. The van der Waals surface area contributed by atoms with Crippen LogP contribution in [-0.2, 0) is 14.8 Å². The second kappa shape index (κ2) is 7.37. The number of rotatable bonds is 5. The van der Waals surface area contributed by atoms with E-state index in [9.17, 15) is 13.2 Å². The zero-order chi connectivity index (χ0) is 18.7. The lowest BCUT2D eigenvalue weighted by Crippen LogP contribution is -2.27. The highest BCUT2D eigenvalue weighted by atomic mass is 32.2. The molecular weight excluding hydrogens is 352 g/mol. The molecule has 2 heterocycles. The van der Waals surface area contributed by atoms with Crippen LogP contribution < -0.4 is 4.31 Å². The summed E-state index contributed by atoms with van der Waals surface area (Å²) in [6.07, 6.45) is 5.46. The first-order valence-electron chi connectivity index (χ1n) is 8.47. The van der Waals surface area contributed by atoms with Crippen molar-refractivity contribution < 1.29 is 17.6 Å². The van der Waals surface area contributed by atoms with Crippen molar-refractivity contribution in [3.05, 3.63) is 60.1 Å². The molecule has 3 rings (SSSR count). The number of benzene rings is 1. The molecule has 138 valence electrons. The van der Waals surface area contributed by atoms with Crippen LogP contribution in [-0.4, -0.2) is 38.6 Å². The number of carbonyl (C=O) groups is 1. The van der Waals surface area contributed by atoms with Crippen LogP contribution in [0.3, 0.4) is 0 Å². The summed E-state index contributed by atoms with van der Waals surface area (Å²) in [5.41, 5.74) is 1.49. The fourth-order valence-corrected chi connectivity index (χ4v) is 4.44. The Bertz CT molecular complexity index is 886. The van der Waals surface area contributed by atoms with Crippen LogP contribution in [0.4, 0.5) is 5.69 Å². The maximum Gasteiger partial charge on any atom is 0.246 e. The second-order valence-corrected chi connectivity index (χ2v) is 8.32. The van der Waals surface area contributed by atoms with Crippen molar-refractivity contribution in [2.45, 2.75) is 19.4 Å². The van der Waals surface area contributed by atoms with Gasteiger partial charge in [-0.25, -0.2) is 8.42 Å². The SMILES string of the molecule is CC(c1ccco1)N(C)C(=O)/C=C/c1ccc(N2CCCS2(=O)=O)cc1. The van der Waals surface area contributed by atoms with E-state index in [1.807, 2.05) is 25.1 Å². The van der Waals surface area contributed by atoms with E-state index in [0.717, 1.165) is 11.3 Å². The van der Waals surface area contributed by atoms with Crippen molar-refractivity contribution in [3.63, 3.8) is 0 Å². The summed E-state index contributed by atoms with van der Waals surface area (Å²) in [5.74, 6) is 0.786. The minimum Gasteiger partial charge on any atom is -0.467 e. The molecule has 1 saturated heterocycles. The van der Waals surface area contributed by atoms with Gasteiger partial charge in [0.05, 0.1) is 23.7 Å². The van der Waals surface area contributed by atoms with Gasteiger partial charge in [0.2, 0.25) is 15.9 Å². The van der Waals surface area contributed by atoms with Gasteiger partial charge in [-0.05, 0) is 49.2 Å². The number of nitrogens with zero attached hydrogens (tertiary/aromatic N) is 2. The molecule has 0 saturated carbocycles. The van der Waals surface area contributed by atoms with Gasteiger partial charge in [0, 0.05) is 19.7 Å². The number of amides is 1. The molecule has 1 amide bonds. The van der Waals surface area contributed by atoms with Gasteiger partial charge >= 0.3 is 0 Å². The second-order valence-electron chi connectivity index (χ2n) is 6.31. The maximum atomic E-state index is 12.3. The standard InChI is InChI=1S/C19H22N2O4S/c1-15(18-5-3-13-25-18)20(2)19(22)11-8-16-6-9-17(10-7-16)21-12-4-14-26(21,23)24/h3,5-11,13,15H,4,12,14H2,1-2H3/b11-8+. The largest absolute Gasteiger partial charge is 0.467 e. The molecule has 0 spiro atoms. The molecule has 0 N–H and O–H groups in total. The third-order valence-electron chi connectivity index (χ3n) is 4.58. The lowest BCUT2D eigenvalue weighted by atomic mass is 10.1. The first-order valence-corrected chi connectivity index (χ1v) is 10.1. The highest BCUT2D eigenvalue weighted by molar-refractivity contribution is 7.93. The van der Waals surface area contributed by atoms with E-state index in [0.29, 0.717) is 18.7 Å². The van der Waals surface area contributed by atoms with Gasteiger partial charge in [-0.1, -0.05) is 12.1 Å². The molecule has 2 aromatic rings. The van der Waals surface area contributed by atoms with Crippen molar-refractivity contribution in [2.24, 2.45) is 0 Å². The summed E-state index contributed by atoms with van der Waals surface area (Å²) >= 11 is 0. The van der Waals surface area contributed by atoms with Crippen molar-refractivity contribution in [2.75, 3.05) is 23.7 Å². The number of anilines is 1. The van der Waals surface area contributed by atoms with E-state index in [4.69, 9.17) is 4.42 Å². The molecule has 0 radical (unpaired) electrons. The van der Waals surface area contributed by atoms with Crippen LogP contribution in [0.1, 0.15) is 30.7 Å². The average Bonchev–Trinajstić information content (AvgIpc) is 3.28. The van der Waals surface area contributed by atoms with Crippen molar-refractivity contribution in [1.82, 2.24) is 4.90 Å². The lowest BCUT2D eigenvalue weighted by Gasteiger charge is -2.21. The average molecular weight is 374 g/mol. The van der Waals surface area contributed by atoms with Crippen molar-refractivity contribution >= 4 is 27.7 Å². The van der Waals surface area contributed by atoms with Gasteiger partial charge in [-0.15, -0.1) is 0 Å². The third-order valence-corrected chi connectivity index (χ3v) is 6.45. The van der Waals surface area contributed by atoms with E-state index in [1.165, 1.54) is 10.4 Å². The van der Waals surface area contributed by atoms with Gasteiger partial charge in [0.1, 0.15) is 5.76 Å². The number of hydrogen-bond donors (Lipinski definition) is 0. The van der Waals surface area contributed by atoms with E-state index in [1.54, 1.807) is 42.5 Å². The predicted octanol–water partition coefficient (Wildman–Crippen LogP) is 3.05. The summed E-state index contributed by atoms with van der Waals surface area (Å²) in [7, 11) is -1.45. The summed E-state index contributed by atoms with van der Waals surface area (Å²) in [6, 6.07) is 10.6. The number of carbonyl (C=O) groups excluding carboxylic acids is 1. The topological polar surface area (TPSA) is 70.8 Å². The molecule has 1 fully saturated rings. The summed E-state index contributed by atoms with van der Waals surface area (Å²) < 4.78 is 30.7. The maximum absolute atomic E-state index is 12.3. The van der Waals surface area contributed by atoms with E-state index in [2.05, 4.69) is 0 Å². The Balaban J connectivity index is 1.66. The molecule has 7 heteroatoms. The zero-order valence-electron chi connectivity index (χ0n) is 14.8. The minimum atomic E-state index is -3.18. The van der Waals surface area contributed by atoms with E-state index in [-0.39, 0.29) is 17.7 Å². The van der Waals surface area contributed by atoms with E-state index >= 15 is 0 Å². The summed E-state index contributed by atoms with van der Waals surface area (Å²) in [5, 5.41) is 0. The fourth-order valence-electron chi connectivity index (χ4n) is 2.88. The predicted molar refractivity (Wildman–Crippen MR) is 101 cm³/mol. The van der Waals surface area contributed by atoms with Gasteiger partial charge in [0.25, 0.3) is 0 Å². The fraction of sp³-hybridized carbons (Fsp3) is 0.316. The monoisotopic (exact) mass is 374 g/mol. The quantitative estimate of drug-likeness (QED) is 0.754. The molecule has 1 aliphatic rings. The molecule has 6 nitrogen and oxygen atoms in total. The highest BCUT2D eigenvalue weighted by Gasteiger charge is 2.28. The van der Waals surface area contributed by atoms with Crippen molar-refractivity contribution in [3.8, 4) is 0 Å². The number of furan rings is 1. The van der Waals surface area contributed by atoms with Crippen molar-refractivity contribution in [1.29, 1.82) is 0 Å². The Morgan fingerprint density at radius 3 is 2.58 bits per heavy atom. The van der Waals surface area contributed by atoms with Gasteiger partial charge in [-0.2, -0.15) is 0 Å². The zero-order valence-corrected chi connectivity index (χ0v) is 15.6. The minimum absolute atomic E-state index is 0.139. The molecule has 1 aliphatic heterocycles. The van der Waals surface area contributed by atoms with Crippen LogP contribution in [0.25, 0.3) is 6.08 Å². The molecule has 1 aromatic carbocycles. The summed E-state index contributed by atoms with van der Waals surface area (Å²) in [4.78, 5) is 13.9. The smallest absolute Gasteiger partial charge is 0.246 e. The Hall–Kier alpha value is -2.54. The first kappa shape index (κ1) is 18.3. The normalized spacial score (nSPS) is 17.5. The van der Waals surface area contributed by atoms with Crippen LogP contribution in [0.2, 0.25) is 0 Å². The lowest BCUT2D eigenvalue weighted by molar-refractivity contribution is -0.126. The van der Waals surface area contributed by atoms with Crippen LogP contribution in [0.15, 0.2) is 53.2 Å². The summed E-state index contributed by atoms with van der Waals surface area (Å²) in [6.45, 7) is 2.42. The highest BCUT2D eigenvalue weighted by Crippen LogP contribution is 2.24. The third kappa shape index (κ3) is 3.83. The van der Waals surface area contributed by atoms with E-state index < -0.39 is 10.0 Å². The van der Waals surface area contributed by atoms with Crippen LogP contribution >= 0.6 is 0 Å². The molecule has 0 aliphatic carbocycles. The number of hydrogen-bond acceptors (Lipinski definition) is 4. The number of likely N-dealkylation sites (N-methyl/N-ethyl adjacent to an activating group) is 1. The molecule has 26 heavy (non-hydrogen) atoms. The number of sulfonamides is 1. The Morgan fingerprint density at radius 2 is 2.00 bits per heavy atom. The molecule has 0 bridgehead atoms. The molecule has 1 aromatic heterocycles.